The SMILES string of the molecule is CC(C)(C)CC(=O)N1CCCC1C(=O)NCCCN1CCNCC1.Cl. The van der Waals surface area contributed by atoms with Gasteiger partial charge < -0.3 is 20.4 Å². The van der Waals surface area contributed by atoms with E-state index in [1.54, 1.807) is 4.90 Å². The van der Waals surface area contributed by atoms with Crippen LogP contribution in [-0.4, -0.2) is 73.5 Å². The average Bonchev–Trinajstić information content (AvgIpc) is 3.00. The van der Waals surface area contributed by atoms with Crippen molar-refractivity contribution in [1.82, 2.24) is 20.4 Å². The number of nitrogens with zero attached hydrogens (tertiary/aromatic N) is 2. The number of carbonyl (C=O) groups excluding carboxylic acids is 2. The van der Waals surface area contributed by atoms with Gasteiger partial charge in [-0.15, -0.1) is 12.4 Å². The largest absolute Gasteiger partial charge is 0.354 e. The van der Waals surface area contributed by atoms with Crippen LogP contribution in [0.15, 0.2) is 0 Å². The minimum atomic E-state index is -0.265. The Morgan fingerprint density at radius 2 is 1.84 bits per heavy atom. The van der Waals surface area contributed by atoms with Crippen molar-refractivity contribution in [2.45, 2.75) is 52.5 Å². The molecule has 2 aliphatic rings. The van der Waals surface area contributed by atoms with E-state index in [0.29, 0.717) is 19.5 Å². The van der Waals surface area contributed by atoms with Crippen LogP contribution in [0.2, 0.25) is 0 Å². The minimum Gasteiger partial charge on any atom is -0.354 e. The first-order valence-corrected chi connectivity index (χ1v) is 9.37. The fraction of sp³-hybridized carbons (Fsp3) is 0.889. The number of carbonyl (C=O) groups is 2. The number of piperazine rings is 1. The molecule has 1 atom stereocenters. The third kappa shape index (κ3) is 7.50. The van der Waals surface area contributed by atoms with Gasteiger partial charge in [0.05, 0.1) is 0 Å². The Labute approximate surface area is 158 Å². The van der Waals surface area contributed by atoms with E-state index in [-0.39, 0.29) is 35.7 Å². The lowest BCUT2D eigenvalue weighted by molar-refractivity contribution is -0.139. The second-order valence-corrected chi connectivity index (χ2v) is 8.22. The zero-order valence-corrected chi connectivity index (χ0v) is 16.8. The number of halogens is 1. The molecule has 0 radical (unpaired) electrons. The molecule has 2 aliphatic heterocycles. The van der Waals surface area contributed by atoms with Crippen molar-refractivity contribution in [1.29, 1.82) is 0 Å². The summed E-state index contributed by atoms with van der Waals surface area (Å²) in [6.07, 6.45) is 3.18. The molecular weight excluding hydrogens is 340 g/mol. The third-order valence-electron chi connectivity index (χ3n) is 4.72. The molecule has 2 amide bonds. The van der Waals surface area contributed by atoms with Crippen molar-refractivity contribution in [3.8, 4) is 0 Å². The van der Waals surface area contributed by atoms with E-state index in [2.05, 4.69) is 36.3 Å². The molecular formula is C18H35ClN4O2. The maximum atomic E-state index is 12.4. The first-order chi connectivity index (χ1) is 11.4. The van der Waals surface area contributed by atoms with Crippen LogP contribution in [0.3, 0.4) is 0 Å². The van der Waals surface area contributed by atoms with Crippen LogP contribution >= 0.6 is 12.4 Å². The maximum Gasteiger partial charge on any atom is 0.242 e. The molecule has 2 saturated heterocycles. The Balaban J connectivity index is 0.00000312. The summed E-state index contributed by atoms with van der Waals surface area (Å²) in [5.74, 6) is 0.135. The van der Waals surface area contributed by atoms with E-state index >= 15 is 0 Å². The monoisotopic (exact) mass is 374 g/mol. The molecule has 2 fully saturated rings. The molecule has 2 heterocycles. The molecule has 6 nitrogen and oxygen atoms in total. The van der Waals surface area contributed by atoms with Crippen LogP contribution in [0, 0.1) is 5.41 Å². The lowest BCUT2D eigenvalue weighted by Crippen LogP contribution is -2.47. The Morgan fingerprint density at radius 3 is 2.48 bits per heavy atom. The Kier molecular flexibility index (Phi) is 9.17. The van der Waals surface area contributed by atoms with Gasteiger partial charge in [0.1, 0.15) is 6.04 Å². The molecule has 0 bridgehead atoms. The van der Waals surface area contributed by atoms with Gasteiger partial charge in [-0.3, -0.25) is 9.59 Å². The standard InChI is InChI=1S/C18H34N4O2.ClH/c1-18(2,3)14-16(23)22-11-4-6-15(22)17(24)20-7-5-10-21-12-8-19-9-13-21;/h15,19H,4-14H2,1-3H3,(H,20,24);1H. The molecule has 25 heavy (non-hydrogen) atoms. The van der Waals surface area contributed by atoms with Gasteiger partial charge >= 0.3 is 0 Å². The highest BCUT2D eigenvalue weighted by Crippen LogP contribution is 2.24. The predicted molar refractivity (Wildman–Crippen MR) is 103 cm³/mol. The Morgan fingerprint density at radius 1 is 1.16 bits per heavy atom. The smallest absolute Gasteiger partial charge is 0.242 e. The first kappa shape index (κ1) is 22.2. The first-order valence-electron chi connectivity index (χ1n) is 9.37. The number of likely N-dealkylation sites (tertiary alicyclic amines) is 1. The van der Waals surface area contributed by atoms with E-state index in [1.165, 1.54) is 0 Å². The summed E-state index contributed by atoms with van der Waals surface area (Å²) >= 11 is 0. The number of hydrogen-bond acceptors (Lipinski definition) is 4. The van der Waals surface area contributed by atoms with Gasteiger partial charge in [0.2, 0.25) is 11.8 Å². The maximum absolute atomic E-state index is 12.4. The van der Waals surface area contributed by atoms with Gasteiger partial charge in [-0.25, -0.2) is 0 Å². The molecule has 2 rings (SSSR count). The molecule has 0 aromatic carbocycles. The lowest BCUT2D eigenvalue weighted by atomic mass is 9.91. The van der Waals surface area contributed by atoms with Gasteiger partial charge in [0, 0.05) is 45.7 Å². The normalized spacial score (nSPS) is 21.7. The van der Waals surface area contributed by atoms with Crippen molar-refractivity contribution in [2.24, 2.45) is 5.41 Å². The fourth-order valence-corrected chi connectivity index (χ4v) is 3.46. The van der Waals surface area contributed by atoms with Crippen LogP contribution < -0.4 is 10.6 Å². The molecule has 0 aliphatic carbocycles. The lowest BCUT2D eigenvalue weighted by Gasteiger charge is -2.28. The highest BCUT2D eigenvalue weighted by molar-refractivity contribution is 5.88. The fourth-order valence-electron chi connectivity index (χ4n) is 3.46. The number of rotatable bonds is 6. The van der Waals surface area contributed by atoms with E-state index < -0.39 is 0 Å². The van der Waals surface area contributed by atoms with Crippen molar-refractivity contribution >= 4 is 24.2 Å². The quantitative estimate of drug-likeness (QED) is 0.687. The molecule has 0 saturated carbocycles. The van der Waals surface area contributed by atoms with Gasteiger partial charge in [-0.1, -0.05) is 20.8 Å². The van der Waals surface area contributed by atoms with E-state index in [4.69, 9.17) is 0 Å². The molecule has 146 valence electrons. The van der Waals surface area contributed by atoms with E-state index in [1.807, 2.05) is 0 Å². The van der Waals surface area contributed by atoms with Crippen LogP contribution in [0.4, 0.5) is 0 Å². The van der Waals surface area contributed by atoms with Crippen molar-refractivity contribution in [3.63, 3.8) is 0 Å². The van der Waals surface area contributed by atoms with Crippen LogP contribution in [-0.2, 0) is 9.59 Å². The van der Waals surface area contributed by atoms with Gasteiger partial charge in [0.25, 0.3) is 0 Å². The van der Waals surface area contributed by atoms with Crippen molar-refractivity contribution in [2.75, 3.05) is 45.8 Å². The summed E-state index contributed by atoms with van der Waals surface area (Å²) in [5, 5.41) is 6.38. The zero-order valence-electron chi connectivity index (χ0n) is 16.0. The van der Waals surface area contributed by atoms with E-state index in [9.17, 15) is 9.59 Å². The summed E-state index contributed by atoms with van der Waals surface area (Å²) in [6, 6.07) is -0.265. The summed E-state index contributed by atoms with van der Waals surface area (Å²) in [6.45, 7) is 12.9. The summed E-state index contributed by atoms with van der Waals surface area (Å²) in [4.78, 5) is 29.1. The second kappa shape index (κ2) is 10.3. The topological polar surface area (TPSA) is 64.7 Å². The molecule has 1 unspecified atom stereocenters. The van der Waals surface area contributed by atoms with Crippen molar-refractivity contribution in [3.05, 3.63) is 0 Å². The van der Waals surface area contributed by atoms with Gasteiger partial charge in [-0.05, 0) is 31.2 Å². The van der Waals surface area contributed by atoms with E-state index in [0.717, 1.165) is 52.0 Å². The second-order valence-electron chi connectivity index (χ2n) is 8.22. The zero-order chi connectivity index (χ0) is 17.6. The van der Waals surface area contributed by atoms with Crippen molar-refractivity contribution < 1.29 is 9.59 Å². The Bertz CT molecular complexity index is 433. The number of nitrogens with one attached hydrogen (secondary N) is 2. The minimum absolute atomic E-state index is 0. The van der Waals surface area contributed by atoms with Crippen LogP contribution in [0.25, 0.3) is 0 Å². The molecule has 0 aromatic heterocycles. The average molecular weight is 375 g/mol. The van der Waals surface area contributed by atoms with Crippen LogP contribution in [0.5, 0.6) is 0 Å². The highest BCUT2D eigenvalue weighted by Gasteiger charge is 2.35. The molecule has 0 spiro atoms. The Hall–Kier alpha value is -0.850. The van der Waals surface area contributed by atoms with Crippen LogP contribution in [0.1, 0.15) is 46.5 Å². The number of hydrogen-bond donors (Lipinski definition) is 2. The predicted octanol–water partition coefficient (Wildman–Crippen LogP) is 1.25. The third-order valence-corrected chi connectivity index (χ3v) is 4.72. The number of amides is 2. The molecule has 7 heteroatoms. The summed E-state index contributed by atoms with van der Waals surface area (Å²) in [5.41, 5.74) is -0.0377. The summed E-state index contributed by atoms with van der Waals surface area (Å²) in [7, 11) is 0. The van der Waals surface area contributed by atoms with Gasteiger partial charge in [-0.2, -0.15) is 0 Å². The molecule has 0 aromatic rings. The summed E-state index contributed by atoms with van der Waals surface area (Å²) < 4.78 is 0. The molecule has 2 N–H and O–H groups in total. The van der Waals surface area contributed by atoms with Gasteiger partial charge in [0.15, 0.2) is 0 Å². The highest BCUT2D eigenvalue weighted by atomic mass is 35.5.